The van der Waals surface area contributed by atoms with Gasteiger partial charge in [-0.25, -0.2) is 0 Å². The highest BCUT2D eigenvalue weighted by Gasteiger charge is 2.32. The number of Topliss-reactive ketones (excluding diaryl/α,β-unsaturated/α-hetero) is 1. The predicted octanol–water partition coefficient (Wildman–Crippen LogP) is 4.09. The molecule has 0 aliphatic carbocycles. The van der Waals surface area contributed by atoms with Gasteiger partial charge in [-0.3, -0.25) is 4.79 Å². The Balaban J connectivity index is 2.50. The third-order valence-corrected chi connectivity index (χ3v) is 4.28. The molecule has 118 valence electrons. The van der Waals surface area contributed by atoms with Gasteiger partial charge in [0.1, 0.15) is 0 Å². The zero-order valence-electron chi connectivity index (χ0n) is 13.3. The fourth-order valence-electron chi connectivity index (χ4n) is 2.76. The van der Waals surface area contributed by atoms with Gasteiger partial charge in [-0.2, -0.15) is 0 Å². The lowest BCUT2D eigenvalue weighted by atomic mass is 9.92. The minimum atomic E-state index is -0.243. The number of carbonyl (C=O) groups excluding carboxylic acids is 1. The zero-order valence-corrected chi connectivity index (χ0v) is 14.9. The number of nitrogens with zero attached hydrogens (tertiary/aromatic N) is 1. The first-order valence-electron chi connectivity index (χ1n) is 7.36. The first kappa shape index (κ1) is 17.0. The Morgan fingerprint density at radius 3 is 2.68 bits per heavy atom. The van der Waals surface area contributed by atoms with E-state index in [0.29, 0.717) is 16.1 Å². The number of thiocarbonyl (C=S) groups is 1. The van der Waals surface area contributed by atoms with Crippen molar-refractivity contribution in [1.82, 2.24) is 10.2 Å². The molecule has 1 N–H and O–H groups in total. The van der Waals surface area contributed by atoms with Crippen LogP contribution in [0.1, 0.15) is 39.3 Å². The van der Waals surface area contributed by atoms with Gasteiger partial charge in [-0.05, 0) is 49.7 Å². The van der Waals surface area contributed by atoms with Crippen LogP contribution in [0.4, 0.5) is 0 Å². The molecule has 1 heterocycles. The average Bonchev–Trinajstić information content (AvgIpc) is 2.42. The summed E-state index contributed by atoms with van der Waals surface area (Å²) in [6, 6.07) is 7.29. The summed E-state index contributed by atoms with van der Waals surface area (Å²) in [6.45, 7) is 8.61. The molecule has 2 rings (SSSR count). The summed E-state index contributed by atoms with van der Waals surface area (Å²) in [4.78, 5) is 14.2. The van der Waals surface area contributed by atoms with Gasteiger partial charge in [0.2, 0.25) is 0 Å². The summed E-state index contributed by atoms with van der Waals surface area (Å²) < 4.78 is 0. The van der Waals surface area contributed by atoms with Gasteiger partial charge in [-0.15, -0.1) is 0 Å². The van der Waals surface area contributed by atoms with Crippen molar-refractivity contribution in [2.75, 3.05) is 6.54 Å². The summed E-state index contributed by atoms with van der Waals surface area (Å²) in [5, 5.41) is 4.60. The van der Waals surface area contributed by atoms with E-state index in [9.17, 15) is 4.79 Å². The van der Waals surface area contributed by atoms with Crippen LogP contribution in [0.15, 0.2) is 35.5 Å². The highest BCUT2D eigenvalue weighted by Crippen LogP contribution is 2.32. The SMILES string of the molecule is CC(=O)C1=C(C)N(CC(C)C)C(=S)NC1c1cccc(Cl)c1. The second kappa shape index (κ2) is 6.80. The first-order valence-corrected chi connectivity index (χ1v) is 8.15. The number of hydrogen-bond acceptors (Lipinski definition) is 2. The van der Waals surface area contributed by atoms with Gasteiger partial charge in [0.15, 0.2) is 10.9 Å². The molecule has 0 fully saturated rings. The summed E-state index contributed by atoms with van der Waals surface area (Å²) >= 11 is 11.6. The highest BCUT2D eigenvalue weighted by molar-refractivity contribution is 7.80. The van der Waals surface area contributed by atoms with E-state index in [1.807, 2.05) is 36.1 Å². The summed E-state index contributed by atoms with van der Waals surface area (Å²) in [5.41, 5.74) is 2.62. The number of benzene rings is 1. The van der Waals surface area contributed by atoms with Crippen molar-refractivity contribution in [2.24, 2.45) is 5.92 Å². The van der Waals surface area contributed by atoms with Crippen LogP contribution < -0.4 is 5.32 Å². The monoisotopic (exact) mass is 336 g/mol. The molecule has 0 saturated carbocycles. The standard InChI is InChI=1S/C17H21ClN2OS/c1-10(2)9-20-11(3)15(12(4)21)16(19-17(20)22)13-6-5-7-14(18)8-13/h5-8,10,16H,9H2,1-4H3,(H,19,22). The molecule has 1 aliphatic heterocycles. The molecule has 0 bridgehead atoms. The number of allylic oxidation sites excluding steroid dienone is 1. The maximum atomic E-state index is 12.2. The maximum absolute atomic E-state index is 12.2. The Bertz CT molecular complexity index is 639. The van der Waals surface area contributed by atoms with Gasteiger partial charge in [0.25, 0.3) is 0 Å². The van der Waals surface area contributed by atoms with Crippen molar-refractivity contribution in [2.45, 2.75) is 33.7 Å². The Labute approximate surface area is 142 Å². The zero-order chi connectivity index (χ0) is 16.4. The molecule has 0 amide bonds. The van der Waals surface area contributed by atoms with Crippen LogP contribution in [-0.4, -0.2) is 22.3 Å². The van der Waals surface area contributed by atoms with Crippen molar-refractivity contribution in [3.63, 3.8) is 0 Å². The quantitative estimate of drug-likeness (QED) is 0.839. The Kier molecular flexibility index (Phi) is 5.24. The van der Waals surface area contributed by atoms with E-state index in [-0.39, 0.29) is 11.8 Å². The second-order valence-corrected chi connectivity index (χ2v) is 6.82. The minimum absolute atomic E-state index is 0.0474. The van der Waals surface area contributed by atoms with E-state index >= 15 is 0 Å². The van der Waals surface area contributed by atoms with Crippen LogP contribution in [0.5, 0.6) is 0 Å². The summed E-state index contributed by atoms with van der Waals surface area (Å²) in [5.74, 6) is 0.497. The molecular formula is C17H21ClN2OS. The topological polar surface area (TPSA) is 32.3 Å². The van der Waals surface area contributed by atoms with E-state index in [1.165, 1.54) is 0 Å². The Hall–Kier alpha value is -1.39. The van der Waals surface area contributed by atoms with E-state index in [1.54, 1.807) is 6.92 Å². The van der Waals surface area contributed by atoms with Gasteiger partial charge in [0.05, 0.1) is 6.04 Å². The fourth-order valence-corrected chi connectivity index (χ4v) is 3.29. The van der Waals surface area contributed by atoms with Crippen LogP contribution in [0.3, 0.4) is 0 Å². The van der Waals surface area contributed by atoms with Crippen LogP contribution in [0.2, 0.25) is 5.02 Å². The molecule has 0 radical (unpaired) electrons. The molecule has 1 aromatic rings. The molecule has 3 nitrogen and oxygen atoms in total. The number of carbonyl (C=O) groups is 1. The molecule has 1 unspecified atom stereocenters. The minimum Gasteiger partial charge on any atom is -0.351 e. The van der Waals surface area contributed by atoms with Crippen molar-refractivity contribution < 1.29 is 4.79 Å². The molecule has 0 spiro atoms. The van der Waals surface area contributed by atoms with Gasteiger partial charge < -0.3 is 10.2 Å². The average molecular weight is 337 g/mol. The molecule has 1 aliphatic rings. The normalized spacial score (nSPS) is 18.7. The van der Waals surface area contributed by atoms with E-state index in [2.05, 4.69) is 19.2 Å². The summed E-state index contributed by atoms with van der Waals surface area (Å²) in [7, 11) is 0. The van der Waals surface area contributed by atoms with Crippen molar-refractivity contribution in [3.05, 3.63) is 46.1 Å². The smallest absolute Gasteiger partial charge is 0.173 e. The van der Waals surface area contributed by atoms with Crippen LogP contribution in [0.25, 0.3) is 0 Å². The third-order valence-electron chi connectivity index (χ3n) is 3.71. The molecule has 0 aromatic heterocycles. The second-order valence-electron chi connectivity index (χ2n) is 6.00. The first-order chi connectivity index (χ1) is 10.3. The molecule has 22 heavy (non-hydrogen) atoms. The molecule has 1 atom stereocenters. The lowest BCUT2D eigenvalue weighted by Gasteiger charge is -2.38. The number of halogens is 1. The lowest BCUT2D eigenvalue weighted by molar-refractivity contribution is -0.114. The van der Waals surface area contributed by atoms with Gasteiger partial charge in [-0.1, -0.05) is 37.6 Å². The molecule has 5 heteroatoms. The van der Waals surface area contributed by atoms with E-state index in [4.69, 9.17) is 23.8 Å². The number of rotatable bonds is 4. The maximum Gasteiger partial charge on any atom is 0.173 e. The Morgan fingerprint density at radius 1 is 1.45 bits per heavy atom. The van der Waals surface area contributed by atoms with E-state index in [0.717, 1.165) is 23.4 Å². The fraction of sp³-hybridized carbons (Fsp3) is 0.412. The molecule has 0 saturated heterocycles. The molecule has 1 aromatic carbocycles. The lowest BCUT2D eigenvalue weighted by Crippen LogP contribution is -2.48. The van der Waals surface area contributed by atoms with Gasteiger partial charge in [0, 0.05) is 22.8 Å². The number of ketones is 1. The van der Waals surface area contributed by atoms with Crippen molar-refractivity contribution in [1.29, 1.82) is 0 Å². The van der Waals surface area contributed by atoms with Crippen LogP contribution >= 0.6 is 23.8 Å². The highest BCUT2D eigenvalue weighted by atomic mass is 35.5. The van der Waals surface area contributed by atoms with Gasteiger partial charge >= 0.3 is 0 Å². The van der Waals surface area contributed by atoms with Crippen LogP contribution in [-0.2, 0) is 4.79 Å². The largest absolute Gasteiger partial charge is 0.351 e. The van der Waals surface area contributed by atoms with Crippen LogP contribution in [0, 0.1) is 5.92 Å². The van der Waals surface area contributed by atoms with Crippen molar-refractivity contribution in [3.8, 4) is 0 Å². The van der Waals surface area contributed by atoms with E-state index < -0.39 is 0 Å². The predicted molar refractivity (Wildman–Crippen MR) is 94.9 cm³/mol. The van der Waals surface area contributed by atoms with Crippen molar-refractivity contribution >= 4 is 34.7 Å². The Morgan fingerprint density at radius 2 is 2.14 bits per heavy atom. The number of nitrogens with one attached hydrogen (secondary N) is 1. The molecular weight excluding hydrogens is 316 g/mol. The third kappa shape index (κ3) is 3.50. The summed E-state index contributed by atoms with van der Waals surface area (Å²) in [6.07, 6.45) is 0. The number of hydrogen-bond donors (Lipinski definition) is 1.